The van der Waals surface area contributed by atoms with Crippen molar-refractivity contribution in [1.82, 2.24) is 0 Å². The molecule has 0 amide bonds. The predicted molar refractivity (Wildman–Crippen MR) is 72.1 cm³/mol. The molecule has 0 unspecified atom stereocenters. The summed E-state index contributed by atoms with van der Waals surface area (Å²) in [5, 5.41) is 17.7. The van der Waals surface area contributed by atoms with Gasteiger partial charge in [-0.3, -0.25) is 0 Å². The molecule has 0 aliphatic heterocycles. The van der Waals surface area contributed by atoms with Crippen LogP contribution in [-0.4, -0.2) is 36.2 Å². The number of benzene rings is 2. The van der Waals surface area contributed by atoms with Crippen molar-refractivity contribution in [3.63, 3.8) is 0 Å². The van der Waals surface area contributed by atoms with Gasteiger partial charge in [-0.25, -0.2) is 16.8 Å². The molecule has 0 saturated carbocycles. The van der Waals surface area contributed by atoms with Crippen LogP contribution in [0.1, 0.15) is 0 Å². The SMILES string of the molecule is O=S(=O)([O-])c1ccccc1O.O=S(=O)([O-])c1ccccc1O.[Hg+2]. The second-order valence-electron chi connectivity index (χ2n) is 3.84. The molecule has 0 atom stereocenters. The molecule has 11 heteroatoms. The predicted octanol–water partition coefficient (Wildman–Crippen LogP) is 0.590. The zero-order valence-electron chi connectivity index (χ0n) is 11.5. The molecule has 2 aromatic rings. The monoisotopic (exact) mass is 548 g/mol. The Morgan fingerprint density at radius 1 is 0.652 bits per heavy atom. The summed E-state index contributed by atoms with van der Waals surface area (Å²) in [4.78, 5) is -1.17. The van der Waals surface area contributed by atoms with Crippen molar-refractivity contribution in [3.8, 4) is 11.5 Å². The minimum atomic E-state index is -4.53. The van der Waals surface area contributed by atoms with Crippen molar-refractivity contribution < 1.29 is 63.8 Å². The largest absolute Gasteiger partial charge is 2.00 e. The van der Waals surface area contributed by atoms with Crippen molar-refractivity contribution in [2.24, 2.45) is 0 Å². The fourth-order valence-electron chi connectivity index (χ4n) is 1.34. The Bertz CT molecular complexity index is 789. The number of aromatic hydroxyl groups is 2. The Morgan fingerprint density at radius 2 is 0.913 bits per heavy atom. The van der Waals surface area contributed by atoms with Crippen LogP contribution in [0.3, 0.4) is 0 Å². The number of rotatable bonds is 2. The first-order valence-corrected chi connectivity index (χ1v) is 8.33. The number of hydrogen-bond acceptors (Lipinski definition) is 8. The fraction of sp³-hybridized carbons (Fsp3) is 0. The molecular weight excluding hydrogens is 537 g/mol. The Hall–Kier alpha value is -1.20. The first-order chi connectivity index (χ1) is 10.0. The second kappa shape index (κ2) is 8.59. The van der Waals surface area contributed by atoms with E-state index >= 15 is 0 Å². The average molecular weight is 547 g/mol. The zero-order valence-corrected chi connectivity index (χ0v) is 18.6. The molecule has 0 aromatic heterocycles. The summed E-state index contributed by atoms with van der Waals surface area (Å²) >= 11 is 0. The molecule has 23 heavy (non-hydrogen) atoms. The van der Waals surface area contributed by atoms with E-state index in [0.29, 0.717) is 0 Å². The maximum absolute atomic E-state index is 10.3. The van der Waals surface area contributed by atoms with E-state index in [4.69, 9.17) is 10.2 Å². The Morgan fingerprint density at radius 3 is 1.09 bits per heavy atom. The van der Waals surface area contributed by atoms with Crippen LogP contribution in [0.4, 0.5) is 0 Å². The smallest absolute Gasteiger partial charge is 0.744 e. The van der Waals surface area contributed by atoms with Crippen molar-refractivity contribution in [3.05, 3.63) is 48.5 Å². The molecule has 0 fully saturated rings. The van der Waals surface area contributed by atoms with Crippen LogP contribution in [0.25, 0.3) is 0 Å². The molecule has 2 aromatic carbocycles. The van der Waals surface area contributed by atoms with Crippen LogP contribution in [0.5, 0.6) is 11.5 Å². The summed E-state index contributed by atoms with van der Waals surface area (Å²) in [6.45, 7) is 0. The second-order valence-corrected chi connectivity index (χ2v) is 6.54. The average Bonchev–Trinajstić information content (AvgIpc) is 2.37. The normalized spacial score (nSPS) is 10.9. The molecule has 2 rings (SSSR count). The van der Waals surface area contributed by atoms with E-state index in [1.165, 1.54) is 24.3 Å². The van der Waals surface area contributed by atoms with Gasteiger partial charge in [-0.05, 0) is 24.3 Å². The molecule has 0 saturated heterocycles. The summed E-state index contributed by atoms with van der Waals surface area (Å²) in [5.41, 5.74) is 0. The summed E-state index contributed by atoms with van der Waals surface area (Å²) < 4.78 is 62.0. The summed E-state index contributed by atoms with van der Waals surface area (Å²) in [7, 11) is -9.07. The van der Waals surface area contributed by atoms with E-state index in [1.807, 2.05) is 0 Å². The van der Waals surface area contributed by atoms with Crippen molar-refractivity contribution in [2.45, 2.75) is 9.79 Å². The maximum Gasteiger partial charge on any atom is 2.00 e. The third kappa shape index (κ3) is 6.83. The third-order valence-corrected chi connectivity index (χ3v) is 4.04. The molecule has 0 spiro atoms. The fourth-order valence-corrected chi connectivity index (χ4v) is 2.48. The van der Waals surface area contributed by atoms with Gasteiger partial charge in [-0.1, -0.05) is 24.3 Å². The van der Waals surface area contributed by atoms with Crippen LogP contribution >= 0.6 is 0 Å². The molecule has 8 nitrogen and oxygen atoms in total. The van der Waals surface area contributed by atoms with E-state index in [1.54, 1.807) is 0 Å². The van der Waals surface area contributed by atoms with Gasteiger partial charge in [-0.15, -0.1) is 0 Å². The van der Waals surface area contributed by atoms with Gasteiger partial charge in [0.1, 0.15) is 31.7 Å². The van der Waals surface area contributed by atoms with Crippen LogP contribution in [0.2, 0.25) is 0 Å². The van der Waals surface area contributed by atoms with Crippen LogP contribution in [-0.2, 0) is 47.9 Å². The first kappa shape index (κ1) is 21.8. The van der Waals surface area contributed by atoms with Crippen LogP contribution in [0.15, 0.2) is 58.3 Å². The zero-order chi connectivity index (χ0) is 17.0. The van der Waals surface area contributed by atoms with E-state index in [9.17, 15) is 25.9 Å². The van der Waals surface area contributed by atoms with Gasteiger partial charge in [0.15, 0.2) is 0 Å². The number of phenols is 2. The molecule has 0 aliphatic carbocycles. The van der Waals surface area contributed by atoms with Gasteiger partial charge in [0, 0.05) is 0 Å². The molecule has 2 N–H and O–H groups in total. The van der Waals surface area contributed by atoms with Crippen molar-refractivity contribution in [2.75, 3.05) is 0 Å². The van der Waals surface area contributed by atoms with Crippen molar-refractivity contribution >= 4 is 20.2 Å². The van der Waals surface area contributed by atoms with Gasteiger partial charge in [0.25, 0.3) is 0 Å². The van der Waals surface area contributed by atoms with Gasteiger partial charge < -0.3 is 19.3 Å². The molecule has 120 valence electrons. The standard InChI is InChI=1S/2C6H6O4S.Hg/c2*7-5-3-1-2-4-6(5)11(8,9)10;/h2*1-4,7H,(H,8,9,10);/q;;+2/p-2. The topological polar surface area (TPSA) is 155 Å². The minimum absolute atomic E-state index is 0. The molecule has 0 radical (unpaired) electrons. The van der Waals surface area contributed by atoms with Gasteiger partial charge in [0.2, 0.25) is 0 Å². The van der Waals surface area contributed by atoms with Gasteiger partial charge in [0.05, 0.1) is 9.79 Å². The number of hydrogen-bond donors (Lipinski definition) is 2. The molecule has 0 bridgehead atoms. The number of para-hydroxylation sites is 2. The molecule has 0 heterocycles. The first-order valence-electron chi connectivity index (χ1n) is 5.51. The van der Waals surface area contributed by atoms with Gasteiger partial charge in [-0.2, -0.15) is 0 Å². The summed E-state index contributed by atoms with van der Waals surface area (Å²) in [5.74, 6) is -1.02. The van der Waals surface area contributed by atoms with E-state index in [-0.39, 0.29) is 27.7 Å². The molecule has 0 aliphatic rings. The van der Waals surface area contributed by atoms with E-state index < -0.39 is 41.5 Å². The van der Waals surface area contributed by atoms with E-state index in [0.717, 1.165) is 24.3 Å². The molecular formula is C12H10HgO8S2. The van der Waals surface area contributed by atoms with Crippen LogP contribution in [0, 0.1) is 0 Å². The third-order valence-electron chi connectivity index (χ3n) is 2.27. The van der Waals surface area contributed by atoms with Crippen LogP contribution < -0.4 is 0 Å². The summed E-state index contributed by atoms with van der Waals surface area (Å²) in [6, 6.07) is 9.99. The summed E-state index contributed by atoms with van der Waals surface area (Å²) in [6.07, 6.45) is 0. The minimum Gasteiger partial charge on any atom is -0.744 e. The van der Waals surface area contributed by atoms with E-state index in [2.05, 4.69) is 0 Å². The van der Waals surface area contributed by atoms with Crippen molar-refractivity contribution in [1.29, 1.82) is 0 Å². The Kier molecular flexibility index (Phi) is 8.14. The maximum atomic E-state index is 10.3. The Balaban J connectivity index is 0.000000403. The quantitative estimate of drug-likeness (QED) is 0.410. The van der Waals surface area contributed by atoms with Gasteiger partial charge >= 0.3 is 27.7 Å². The Labute approximate surface area is 153 Å². The number of phenolic OH excluding ortho intramolecular Hbond substituents is 2.